The lowest BCUT2D eigenvalue weighted by molar-refractivity contribution is 0.413. The van der Waals surface area contributed by atoms with Gasteiger partial charge in [0.25, 0.3) is 0 Å². The van der Waals surface area contributed by atoms with Gasteiger partial charge in [-0.15, -0.1) is 0 Å². The molecular weight excluding hydrogens is 238 g/mol. The number of rotatable bonds is 3. The minimum atomic E-state index is 0.274. The summed E-state index contributed by atoms with van der Waals surface area (Å²) in [5, 5.41) is 7.29. The third-order valence-corrected chi connectivity index (χ3v) is 3.53. The Balaban J connectivity index is 1.89. The fraction of sp³-hybridized carbons (Fsp3) is 0.467. The van der Waals surface area contributed by atoms with Gasteiger partial charge in [-0.25, -0.2) is 0 Å². The molecule has 2 aromatic rings. The zero-order valence-corrected chi connectivity index (χ0v) is 11.4. The van der Waals surface area contributed by atoms with Crippen molar-refractivity contribution in [1.82, 2.24) is 10.1 Å². The molecule has 1 unspecified atom stereocenters. The van der Waals surface area contributed by atoms with E-state index in [1.54, 1.807) is 0 Å². The van der Waals surface area contributed by atoms with Crippen LogP contribution in [0.3, 0.4) is 0 Å². The highest BCUT2D eigenvalue weighted by molar-refractivity contribution is 5.37. The average Bonchev–Trinajstić information content (AvgIpc) is 2.85. The summed E-state index contributed by atoms with van der Waals surface area (Å²) in [6.45, 7) is 4.11. The van der Waals surface area contributed by atoms with Gasteiger partial charge < -0.3 is 9.84 Å². The number of anilines is 1. The second-order valence-corrected chi connectivity index (χ2v) is 5.40. The summed E-state index contributed by atoms with van der Waals surface area (Å²) in [4.78, 5) is 4.48. The Morgan fingerprint density at radius 2 is 2.16 bits per heavy atom. The second kappa shape index (κ2) is 5.03. The van der Waals surface area contributed by atoms with Gasteiger partial charge in [0.2, 0.25) is 0 Å². The molecule has 0 radical (unpaired) electrons. The van der Waals surface area contributed by atoms with Crippen LogP contribution in [0.5, 0.6) is 0 Å². The molecule has 0 bridgehead atoms. The SMILES string of the molecule is CC(C)Nc1nc(C2CCCc3ccccc32)no1. The first kappa shape index (κ1) is 12.2. The van der Waals surface area contributed by atoms with E-state index in [9.17, 15) is 0 Å². The van der Waals surface area contributed by atoms with Gasteiger partial charge in [-0.1, -0.05) is 29.4 Å². The zero-order valence-electron chi connectivity index (χ0n) is 11.4. The molecule has 100 valence electrons. The molecule has 0 amide bonds. The van der Waals surface area contributed by atoms with Crippen molar-refractivity contribution in [2.75, 3.05) is 5.32 Å². The van der Waals surface area contributed by atoms with Crippen LogP contribution < -0.4 is 5.32 Å². The Hall–Kier alpha value is -1.84. The quantitative estimate of drug-likeness (QED) is 0.916. The van der Waals surface area contributed by atoms with Gasteiger partial charge in [-0.05, 0) is 44.2 Å². The highest BCUT2D eigenvalue weighted by atomic mass is 16.5. The van der Waals surface area contributed by atoms with Gasteiger partial charge in [0.1, 0.15) is 0 Å². The van der Waals surface area contributed by atoms with Gasteiger partial charge >= 0.3 is 6.01 Å². The van der Waals surface area contributed by atoms with Crippen LogP contribution in [0.15, 0.2) is 28.8 Å². The number of hydrogen-bond acceptors (Lipinski definition) is 4. The molecule has 1 aliphatic carbocycles. The molecule has 4 nitrogen and oxygen atoms in total. The van der Waals surface area contributed by atoms with Crippen LogP contribution in [0, 0.1) is 0 Å². The summed E-state index contributed by atoms with van der Waals surface area (Å²) in [5.41, 5.74) is 2.77. The van der Waals surface area contributed by atoms with E-state index >= 15 is 0 Å². The highest BCUT2D eigenvalue weighted by Crippen LogP contribution is 2.35. The molecule has 1 aliphatic rings. The van der Waals surface area contributed by atoms with Gasteiger partial charge in [0.15, 0.2) is 5.82 Å². The van der Waals surface area contributed by atoms with Crippen LogP contribution >= 0.6 is 0 Å². The predicted molar refractivity (Wildman–Crippen MR) is 74.3 cm³/mol. The number of aryl methyl sites for hydroxylation is 1. The van der Waals surface area contributed by atoms with Gasteiger partial charge in [-0.3, -0.25) is 0 Å². The molecule has 0 saturated carbocycles. The monoisotopic (exact) mass is 257 g/mol. The van der Waals surface area contributed by atoms with E-state index in [0.717, 1.165) is 18.7 Å². The molecule has 1 N–H and O–H groups in total. The van der Waals surface area contributed by atoms with Crippen molar-refractivity contribution in [3.8, 4) is 0 Å². The maximum absolute atomic E-state index is 5.27. The molecule has 0 saturated heterocycles. The number of nitrogens with zero attached hydrogens (tertiary/aromatic N) is 2. The zero-order chi connectivity index (χ0) is 13.2. The van der Waals surface area contributed by atoms with E-state index < -0.39 is 0 Å². The molecule has 3 rings (SSSR count). The van der Waals surface area contributed by atoms with Crippen LogP contribution in [-0.4, -0.2) is 16.2 Å². The number of hydrogen-bond donors (Lipinski definition) is 1. The number of nitrogens with one attached hydrogen (secondary N) is 1. The largest absolute Gasteiger partial charge is 0.336 e. The van der Waals surface area contributed by atoms with Crippen LogP contribution in [0.25, 0.3) is 0 Å². The molecule has 0 aliphatic heterocycles. The van der Waals surface area contributed by atoms with Crippen LogP contribution in [0.2, 0.25) is 0 Å². The lowest BCUT2D eigenvalue weighted by Crippen LogP contribution is -2.13. The molecule has 1 aromatic carbocycles. The average molecular weight is 257 g/mol. The lowest BCUT2D eigenvalue weighted by atomic mass is 9.82. The van der Waals surface area contributed by atoms with Crippen LogP contribution in [0.4, 0.5) is 6.01 Å². The summed E-state index contributed by atoms with van der Waals surface area (Å²) >= 11 is 0. The molecule has 0 fully saturated rings. The number of benzene rings is 1. The maximum atomic E-state index is 5.27. The molecule has 1 aromatic heterocycles. The van der Waals surface area contributed by atoms with Crippen molar-refractivity contribution in [3.63, 3.8) is 0 Å². The van der Waals surface area contributed by atoms with Crippen molar-refractivity contribution in [3.05, 3.63) is 41.2 Å². The second-order valence-electron chi connectivity index (χ2n) is 5.40. The summed E-state index contributed by atoms with van der Waals surface area (Å²) < 4.78 is 5.27. The Morgan fingerprint density at radius 3 is 3.00 bits per heavy atom. The standard InChI is InChI=1S/C15H19N3O/c1-10(2)16-15-17-14(18-19-15)13-9-5-7-11-6-3-4-8-12(11)13/h3-4,6,8,10,13H,5,7,9H2,1-2H3,(H,16,17,18). The fourth-order valence-corrected chi connectivity index (χ4v) is 2.70. The first-order chi connectivity index (χ1) is 9.24. The summed E-state index contributed by atoms with van der Waals surface area (Å²) in [6.07, 6.45) is 3.43. The van der Waals surface area contributed by atoms with E-state index in [2.05, 4.69) is 53.6 Å². The van der Waals surface area contributed by atoms with Gasteiger partial charge in [-0.2, -0.15) is 4.98 Å². The first-order valence-electron chi connectivity index (χ1n) is 6.92. The Morgan fingerprint density at radius 1 is 1.32 bits per heavy atom. The third-order valence-electron chi connectivity index (χ3n) is 3.53. The molecule has 1 heterocycles. The Kier molecular flexibility index (Phi) is 3.23. The molecule has 1 atom stereocenters. The Labute approximate surface area is 113 Å². The first-order valence-corrected chi connectivity index (χ1v) is 6.92. The maximum Gasteiger partial charge on any atom is 0.321 e. The van der Waals surface area contributed by atoms with E-state index in [-0.39, 0.29) is 5.92 Å². The van der Waals surface area contributed by atoms with Crippen LogP contribution in [-0.2, 0) is 6.42 Å². The molecule has 19 heavy (non-hydrogen) atoms. The van der Waals surface area contributed by atoms with Gasteiger partial charge in [0, 0.05) is 12.0 Å². The van der Waals surface area contributed by atoms with Crippen LogP contribution in [0.1, 0.15) is 49.6 Å². The fourth-order valence-electron chi connectivity index (χ4n) is 2.70. The van der Waals surface area contributed by atoms with E-state index in [0.29, 0.717) is 12.1 Å². The van der Waals surface area contributed by atoms with E-state index in [4.69, 9.17) is 4.52 Å². The normalized spacial score (nSPS) is 18.4. The topological polar surface area (TPSA) is 51.0 Å². The van der Waals surface area contributed by atoms with Crippen molar-refractivity contribution in [1.29, 1.82) is 0 Å². The molecule has 4 heteroatoms. The number of fused-ring (bicyclic) bond motifs is 1. The number of aromatic nitrogens is 2. The highest BCUT2D eigenvalue weighted by Gasteiger charge is 2.25. The smallest absolute Gasteiger partial charge is 0.321 e. The van der Waals surface area contributed by atoms with Crippen molar-refractivity contribution in [2.45, 2.75) is 45.1 Å². The summed E-state index contributed by atoms with van der Waals surface area (Å²) in [6, 6.07) is 9.40. The third kappa shape index (κ3) is 2.48. The minimum absolute atomic E-state index is 0.274. The lowest BCUT2D eigenvalue weighted by Gasteiger charge is -2.22. The minimum Gasteiger partial charge on any atom is -0.336 e. The molecule has 0 spiro atoms. The van der Waals surface area contributed by atoms with Gasteiger partial charge in [0.05, 0.1) is 0 Å². The summed E-state index contributed by atoms with van der Waals surface area (Å²) in [5.74, 6) is 1.08. The van der Waals surface area contributed by atoms with E-state index in [1.165, 1.54) is 17.5 Å². The van der Waals surface area contributed by atoms with Crippen molar-refractivity contribution in [2.24, 2.45) is 0 Å². The van der Waals surface area contributed by atoms with Crippen molar-refractivity contribution < 1.29 is 4.52 Å². The van der Waals surface area contributed by atoms with E-state index in [1.807, 2.05) is 0 Å². The van der Waals surface area contributed by atoms with Crippen molar-refractivity contribution >= 4 is 6.01 Å². The summed E-state index contributed by atoms with van der Waals surface area (Å²) in [7, 11) is 0. The predicted octanol–water partition coefficient (Wildman–Crippen LogP) is 3.36. The Bertz CT molecular complexity index is 562. The molecular formula is C15H19N3O.